The van der Waals surface area contributed by atoms with Crippen molar-refractivity contribution in [2.45, 2.75) is 59.0 Å². The Kier molecular flexibility index (Phi) is 10.5. The van der Waals surface area contributed by atoms with Gasteiger partial charge in [0.15, 0.2) is 11.5 Å². The maximum atomic E-state index is 12.9. The highest BCUT2D eigenvalue weighted by atomic mass is 16.5. The van der Waals surface area contributed by atoms with Gasteiger partial charge in [0.1, 0.15) is 5.75 Å². The van der Waals surface area contributed by atoms with E-state index in [2.05, 4.69) is 5.10 Å². The fourth-order valence-electron chi connectivity index (χ4n) is 3.62. The van der Waals surface area contributed by atoms with E-state index in [9.17, 15) is 4.79 Å². The van der Waals surface area contributed by atoms with E-state index >= 15 is 0 Å². The molecule has 7 heteroatoms. The van der Waals surface area contributed by atoms with E-state index in [1.807, 2.05) is 62.9 Å². The molecule has 0 atom stereocenters. The molecule has 2 N–H and O–H groups in total. The molecule has 0 saturated heterocycles. The van der Waals surface area contributed by atoms with Crippen LogP contribution in [-0.4, -0.2) is 49.4 Å². The highest BCUT2D eigenvalue weighted by Crippen LogP contribution is 2.29. The highest BCUT2D eigenvalue weighted by molar-refractivity contribution is 5.95. The van der Waals surface area contributed by atoms with E-state index < -0.39 is 0 Å². The van der Waals surface area contributed by atoms with Crippen LogP contribution < -0.4 is 20.1 Å². The first kappa shape index (κ1) is 26.0. The number of hydrogen-bond donors (Lipinski definition) is 1. The normalized spacial score (nSPS) is 11.2. The zero-order valence-electron chi connectivity index (χ0n) is 20.4. The smallest absolute Gasteiger partial charge is 0.254 e. The second-order valence-corrected chi connectivity index (χ2v) is 8.37. The van der Waals surface area contributed by atoms with E-state index in [0.29, 0.717) is 30.3 Å². The number of hydrazone groups is 1. The summed E-state index contributed by atoms with van der Waals surface area (Å²) in [6.45, 7) is 9.30. The Bertz CT molecular complexity index is 887. The van der Waals surface area contributed by atoms with Gasteiger partial charge in [0, 0.05) is 17.6 Å². The molecule has 0 aliphatic carbocycles. The van der Waals surface area contributed by atoms with Gasteiger partial charge in [-0.05, 0) is 95.0 Å². The second kappa shape index (κ2) is 13.4. The molecule has 33 heavy (non-hydrogen) atoms. The molecule has 0 aliphatic rings. The van der Waals surface area contributed by atoms with Crippen LogP contribution in [0.15, 0.2) is 47.6 Å². The van der Waals surface area contributed by atoms with Crippen LogP contribution in [0.25, 0.3) is 0 Å². The SMILES string of the molecule is COc1cc(C(=O)N(C(C)C)C(C)C)ccc1OCCCCCOc1ccc(/C=N\N)cc1. The molecule has 2 rings (SSSR count). The van der Waals surface area contributed by atoms with Crippen molar-refractivity contribution in [2.24, 2.45) is 10.9 Å². The Labute approximate surface area is 197 Å². The van der Waals surface area contributed by atoms with Crippen LogP contribution in [0, 0.1) is 0 Å². The Morgan fingerprint density at radius 1 is 0.939 bits per heavy atom. The minimum Gasteiger partial charge on any atom is -0.494 e. The molecule has 0 fully saturated rings. The molecule has 2 aromatic rings. The zero-order chi connectivity index (χ0) is 24.2. The summed E-state index contributed by atoms with van der Waals surface area (Å²) in [7, 11) is 1.59. The van der Waals surface area contributed by atoms with E-state index in [-0.39, 0.29) is 18.0 Å². The lowest BCUT2D eigenvalue weighted by Crippen LogP contribution is -2.42. The third-order valence-electron chi connectivity index (χ3n) is 5.18. The molecule has 1 amide bonds. The van der Waals surface area contributed by atoms with Gasteiger partial charge in [0.25, 0.3) is 5.91 Å². The number of hydrogen-bond acceptors (Lipinski definition) is 6. The molecule has 0 unspecified atom stereocenters. The lowest BCUT2D eigenvalue weighted by Gasteiger charge is -2.31. The van der Waals surface area contributed by atoms with Crippen LogP contribution in [0.4, 0.5) is 0 Å². The molecule has 0 spiro atoms. The molecule has 2 aromatic carbocycles. The first-order chi connectivity index (χ1) is 15.9. The first-order valence-corrected chi connectivity index (χ1v) is 11.5. The lowest BCUT2D eigenvalue weighted by molar-refractivity contribution is 0.0643. The molecule has 0 bridgehead atoms. The van der Waals surface area contributed by atoms with E-state index in [1.165, 1.54) is 0 Å². The van der Waals surface area contributed by atoms with Gasteiger partial charge < -0.3 is 25.0 Å². The minimum absolute atomic E-state index is 0.00741. The highest BCUT2D eigenvalue weighted by Gasteiger charge is 2.22. The summed E-state index contributed by atoms with van der Waals surface area (Å²) in [6.07, 6.45) is 4.40. The van der Waals surface area contributed by atoms with E-state index in [1.54, 1.807) is 25.5 Å². The number of nitrogens with zero attached hydrogens (tertiary/aromatic N) is 2. The average Bonchev–Trinajstić information content (AvgIpc) is 2.79. The number of carbonyl (C=O) groups is 1. The zero-order valence-corrected chi connectivity index (χ0v) is 20.4. The van der Waals surface area contributed by atoms with Crippen LogP contribution in [-0.2, 0) is 0 Å². The predicted molar refractivity (Wildman–Crippen MR) is 132 cm³/mol. The number of amides is 1. The fraction of sp³-hybridized carbons (Fsp3) is 0.462. The third-order valence-corrected chi connectivity index (χ3v) is 5.18. The van der Waals surface area contributed by atoms with Gasteiger partial charge >= 0.3 is 0 Å². The van der Waals surface area contributed by atoms with E-state index in [4.69, 9.17) is 20.1 Å². The first-order valence-electron chi connectivity index (χ1n) is 11.5. The Hall–Kier alpha value is -3.22. The second-order valence-electron chi connectivity index (χ2n) is 8.37. The summed E-state index contributed by atoms with van der Waals surface area (Å²) >= 11 is 0. The van der Waals surface area contributed by atoms with Crippen LogP contribution in [0.1, 0.15) is 62.9 Å². The van der Waals surface area contributed by atoms with Gasteiger partial charge in [-0.25, -0.2) is 0 Å². The fourth-order valence-corrected chi connectivity index (χ4v) is 3.62. The third kappa shape index (κ3) is 8.00. The van der Waals surface area contributed by atoms with Crippen molar-refractivity contribution in [3.63, 3.8) is 0 Å². The molecular formula is C26H37N3O4. The molecule has 180 valence electrons. The number of nitrogens with two attached hydrogens (primary N) is 1. The van der Waals surface area contributed by atoms with Gasteiger partial charge in [0.05, 0.1) is 26.5 Å². The van der Waals surface area contributed by atoms with Crippen molar-refractivity contribution >= 4 is 12.1 Å². The average molecular weight is 456 g/mol. The summed E-state index contributed by atoms with van der Waals surface area (Å²) in [6, 6.07) is 13.2. The van der Waals surface area contributed by atoms with Gasteiger partial charge in [-0.2, -0.15) is 5.10 Å². The largest absolute Gasteiger partial charge is 0.494 e. The molecular weight excluding hydrogens is 418 g/mol. The topological polar surface area (TPSA) is 86.4 Å². The van der Waals surface area contributed by atoms with Gasteiger partial charge in [-0.3, -0.25) is 4.79 Å². The van der Waals surface area contributed by atoms with Crippen molar-refractivity contribution in [1.82, 2.24) is 4.90 Å². The summed E-state index contributed by atoms with van der Waals surface area (Å²) in [5.41, 5.74) is 1.54. The molecule has 0 aliphatic heterocycles. The number of ether oxygens (including phenoxy) is 3. The van der Waals surface area contributed by atoms with Gasteiger partial charge in [0.2, 0.25) is 0 Å². The number of unbranched alkanes of at least 4 members (excludes halogenated alkanes) is 2. The molecule has 0 aromatic heterocycles. The van der Waals surface area contributed by atoms with Crippen LogP contribution in [0.2, 0.25) is 0 Å². The maximum Gasteiger partial charge on any atom is 0.254 e. The Morgan fingerprint density at radius 2 is 1.58 bits per heavy atom. The molecule has 0 radical (unpaired) electrons. The van der Waals surface area contributed by atoms with Crippen LogP contribution >= 0.6 is 0 Å². The van der Waals surface area contributed by atoms with Crippen molar-refractivity contribution in [2.75, 3.05) is 20.3 Å². The maximum absolute atomic E-state index is 12.9. The van der Waals surface area contributed by atoms with E-state index in [0.717, 1.165) is 30.6 Å². The van der Waals surface area contributed by atoms with Gasteiger partial charge in [-0.15, -0.1) is 0 Å². The molecule has 7 nitrogen and oxygen atoms in total. The Morgan fingerprint density at radius 3 is 2.15 bits per heavy atom. The summed E-state index contributed by atoms with van der Waals surface area (Å²) < 4.78 is 17.1. The summed E-state index contributed by atoms with van der Waals surface area (Å²) in [5.74, 6) is 7.18. The number of benzene rings is 2. The van der Waals surface area contributed by atoms with Crippen molar-refractivity contribution in [1.29, 1.82) is 0 Å². The van der Waals surface area contributed by atoms with Crippen LogP contribution in [0.3, 0.4) is 0 Å². The standard InChI is InChI=1S/C26H37N3O4/c1-19(2)29(20(3)4)26(30)22-11-14-24(25(17-22)31-5)33-16-8-6-7-15-32-23-12-9-21(10-13-23)18-28-27/h9-14,17-20H,6-8,15-16,27H2,1-5H3/b28-18-. The minimum atomic E-state index is -0.00741. The van der Waals surface area contributed by atoms with Crippen LogP contribution in [0.5, 0.6) is 17.2 Å². The monoisotopic (exact) mass is 455 g/mol. The number of methoxy groups -OCH3 is 1. The summed E-state index contributed by atoms with van der Waals surface area (Å²) in [4.78, 5) is 14.8. The van der Waals surface area contributed by atoms with Crippen molar-refractivity contribution < 1.29 is 19.0 Å². The van der Waals surface area contributed by atoms with Crippen molar-refractivity contribution in [3.8, 4) is 17.2 Å². The quantitative estimate of drug-likeness (QED) is 0.201. The predicted octanol–water partition coefficient (Wildman–Crippen LogP) is 4.87. The Balaban J connectivity index is 1.77. The number of rotatable bonds is 13. The summed E-state index contributed by atoms with van der Waals surface area (Å²) in [5, 5.41) is 3.50. The number of carbonyl (C=O) groups excluding carboxylic acids is 1. The molecule has 0 saturated carbocycles. The van der Waals surface area contributed by atoms with Crippen molar-refractivity contribution in [3.05, 3.63) is 53.6 Å². The molecule has 0 heterocycles. The lowest BCUT2D eigenvalue weighted by atomic mass is 10.1. The van der Waals surface area contributed by atoms with Gasteiger partial charge in [-0.1, -0.05) is 0 Å².